The second-order valence-electron chi connectivity index (χ2n) is 27.5. The quantitative estimate of drug-likeness (QED) is 0.0372. The molecule has 0 saturated carbocycles. The highest BCUT2D eigenvalue weighted by Gasteiger charge is 2.33. The van der Waals surface area contributed by atoms with Crippen molar-refractivity contribution < 1.29 is 33.3 Å². The van der Waals surface area contributed by atoms with Crippen molar-refractivity contribution in [1.29, 1.82) is 0 Å². The predicted octanol–water partition coefficient (Wildman–Crippen LogP) is 21.9. The minimum Gasteiger partial charge on any atom is -0.466 e. The van der Waals surface area contributed by atoms with E-state index in [0.29, 0.717) is 37.6 Å². The van der Waals surface area contributed by atoms with E-state index in [1.165, 1.54) is 180 Å². The van der Waals surface area contributed by atoms with Gasteiger partial charge in [0.25, 0.3) is 0 Å². The van der Waals surface area contributed by atoms with Crippen LogP contribution in [0.15, 0.2) is 24.3 Å². The Morgan fingerprint density at radius 2 is 0.526 bits per heavy atom. The van der Waals surface area contributed by atoms with E-state index in [4.69, 9.17) is 18.9 Å². The summed E-state index contributed by atoms with van der Waals surface area (Å²) in [5.74, 6) is 0.647. The van der Waals surface area contributed by atoms with Gasteiger partial charge in [-0.15, -0.1) is 0 Å². The third kappa shape index (κ3) is 31.6. The van der Waals surface area contributed by atoms with Gasteiger partial charge in [-0.1, -0.05) is 314 Å². The molecule has 0 aromatic heterocycles. The molecular formula is C71H122O7. The van der Waals surface area contributed by atoms with Crippen LogP contribution in [0.2, 0.25) is 0 Å². The first kappa shape index (κ1) is 70.8. The number of aryl methyl sites for hydroxylation is 2. The van der Waals surface area contributed by atoms with Crippen LogP contribution in [0.3, 0.4) is 0 Å². The van der Waals surface area contributed by atoms with E-state index in [2.05, 4.69) is 121 Å². The van der Waals surface area contributed by atoms with Crippen LogP contribution in [0, 0.1) is 0 Å². The van der Waals surface area contributed by atoms with Crippen LogP contribution in [-0.4, -0.2) is 31.3 Å². The van der Waals surface area contributed by atoms with E-state index in [1.807, 2.05) is 0 Å². The van der Waals surface area contributed by atoms with Gasteiger partial charge in [0.1, 0.15) is 11.5 Å². The first-order valence-corrected chi connectivity index (χ1v) is 32.6. The van der Waals surface area contributed by atoms with Crippen molar-refractivity contribution in [3.05, 3.63) is 57.6 Å². The fourth-order valence-corrected chi connectivity index (χ4v) is 10.6. The van der Waals surface area contributed by atoms with Gasteiger partial charge in [-0.05, 0) is 58.5 Å². The van der Waals surface area contributed by atoms with Crippen molar-refractivity contribution in [3.8, 4) is 11.5 Å². The molecule has 0 radical (unpaired) electrons. The average molecular weight is 1090 g/mol. The topological polar surface area (TPSA) is 88.1 Å². The Balaban J connectivity index is 1.96. The van der Waals surface area contributed by atoms with Gasteiger partial charge >= 0.3 is 18.1 Å². The highest BCUT2D eigenvalue weighted by atomic mass is 16.7. The van der Waals surface area contributed by atoms with Crippen LogP contribution in [0.4, 0.5) is 4.79 Å². The molecule has 0 unspecified atom stereocenters. The zero-order chi connectivity index (χ0) is 57.9. The molecule has 78 heavy (non-hydrogen) atoms. The zero-order valence-electron chi connectivity index (χ0n) is 53.5. The van der Waals surface area contributed by atoms with Gasteiger partial charge < -0.3 is 18.9 Å². The maximum atomic E-state index is 14.3. The first-order valence-electron chi connectivity index (χ1n) is 32.6. The molecule has 2 aromatic rings. The van der Waals surface area contributed by atoms with Crippen molar-refractivity contribution in [2.24, 2.45) is 0 Å². The van der Waals surface area contributed by atoms with Gasteiger partial charge in [-0.3, -0.25) is 9.59 Å². The second kappa shape index (κ2) is 39.1. The number of rotatable bonds is 42. The second-order valence-corrected chi connectivity index (χ2v) is 27.5. The van der Waals surface area contributed by atoms with Crippen LogP contribution in [0.25, 0.3) is 0 Å². The van der Waals surface area contributed by atoms with E-state index < -0.39 is 6.16 Å². The van der Waals surface area contributed by atoms with Crippen molar-refractivity contribution in [1.82, 2.24) is 0 Å². The normalized spacial score (nSPS) is 12.3. The molecule has 0 aliphatic heterocycles. The molecule has 0 aliphatic carbocycles. The number of carbonyl (C=O) groups is 3. The van der Waals surface area contributed by atoms with Crippen molar-refractivity contribution in [2.75, 3.05) is 13.2 Å². The maximum absolute atomic E-state index is 14.3. The molecule has 0 fully saturated rings. The maximum Gasteiger partial charge on any atom is 0.519 e. The molecule has 0 spiro atoms. The van der Waals surface area contributed by atoms with Crippen LogP contribution < -0.4 is 9.47 Å². The number of hydrogen-bond donors (Lipinski definition) is 0. The van der Waals surface area contributed by atoms with E-state index in [9.17, 15) is 14.4 Å². The fourth-order valence-electron chi connectivity index (χ4n) is 10.6. The SMILES string of the molecule is CCCCCCCCCCCCCCCCCCOC(=O)CCc1cc(C(C)(C)C)c(OC(=O)Oc2c(C(C)(C)C)cc(CCC(=O)OCCCCCCCCCCCCCCCCCC)cc2C(C)(C)C)c(C(C)(C)C)c1. The minimum absolute atomic E-state index is 0.175. The van der Waals surface area contributed by atoms with Crippen molar-refractivity contribution >= 4 is 18.1 Å². The molecular weight excluding hydrogens is 965 g/mol. The lowest BCUT2D eigenvalue weighted by Crippen LogP contribution is -2.26. The highest BCUT2D eigenvalue weighted by molar-refractivity contribution is 5.73. The Labute approximate surface area is 481 Å². The summed E-state index contributed by atoms with van der Waals surface area (Å²) < 4.78 is 24.2. The molecule has 0 saturated heterocycles. The smallest absolute Gasteiger partial charge is 0.466 e. The Kier molecular flexibility index (Phi) is 35.5. The lowest BCUT2D eigenvalue weighted by Gasteiger charge is -2.31. The number of hydrogen-bond acceptors (Lipinski definition) is 7. The fraction of sp³-hybridized carbons (Fsp3) is 0.789. The molecule has 0 N–H and O–H groups in total. The van der Waals surface area contributed by atoms with E-state index in [0.717, 1.165) is 59.1 Å². The lowest BCUT2D eigenvalue weighted by atomic mass is 9.78. The summed E-state index contributed by atoms with van der Waals surface area (Å²) in [6, 6.07) is 8.34. The largest absolute Gasteiger partial charge is 0.519 e. The molecule has 2 rings (SSSR count). The highest BCUT2D eigenvalue weighted by Crippen LogP contribution is 2.44. The van der Waals surface area contributed by atoms with Gasteiger partial charge in [0.15, 0.2) is 0 Å². The molecule has 7 heteroatoms. The molecule has 0 bridgehead atoms. The van der Waals surface area contributed by atoms with Gasteiger partial charge in [-0.2, -0.15) is 0 Å². The molecule has 0 amide bonds. The van der Waals surface area contributed by atoms with Crippen molar-refractivity contribution in [2.45, 2.75) is 350 Å². The van der Waals surface area contributed by atoms with Crippen molar-refractivity contribution in [3.63, 3.8) is 0 Å². The molecule has 2 aromatic carbocycles. The number of benzene rings is 2. The summed E-state index contributed by atoms with van der Waals surface area (Å²) in [7, 11) is 0. The Bertz CT molecular complexity index is 1720. The van der Waals surface area contributed by atoms with Crippen LogP contribution in [-0.2, 0) is 53.6 Å². The molecule has 0 heterocycles. The van der Waals surface area contributed by atoms with Crippen LogP contribution >= 0.6 is 0 Å². The van der Waals surface area contributed by atoms with Crippen LogP contribution in [0.1, 0.15) is 349 Å². The van der Waals surface area contributed by atoms with E-state index in [-0.39, 0.29) is 46.4 Å². The zero-order valence-corrected chi connectivity index (χ0v) is 53.5. The number of ether oxygens (including phenoxy) is 4. The van der Waals surface area contributed by atoms with Gasteiger partial charge in [0.2, 0.25) is 0 Å². The van der Waals surface area contributed by atoms with Gasteiger partial charge in [-0.25, -0.2) is 4.79 Å². The Morgan fingerprint density at radius 3 is 0.731 bits per heavy atom. The van der Waals surface area contributed by atoms with E-state index >= 15 is 0 Å². The summed E-state index contributed by atoms with van der Waals surface area (Å²) in [6.07, 6.45) is 42.8. The molecule has 7 nitrogen and oxygen atoms in total. The van der Waals surface area contributed by atoms with Crippen LogP contribution in [0.5, 0.6) is 11.5 Å². The summed E-state index contributed by atoms with van der Waals surface area (Å²) in [4.78, 5) is 40.4. The average Bonchev–Trinajstić information content (AvgIpc) is 3.41. The standard InChI is InChI=1S/C71H122O7/c1-15-17-19-21-23-25-27-29-31-33-35-37-39-41-43-45-51-75-63(72)49-47-57-53-59(68(3,4)5)65(60(54-57)69(6,7)8)77-67(74)78-66-61(70(9,10)11)55-58(56-62(66)71(12,13)14)48-50-64(73)76-52-46-44-42-40-38-36-34-32-30-28-26-24-22-20-18-16-2/h53-56H,15-52H2,1-14H3. The van der Waals surface area contributed by atoms with E-state index in [1.54, 1.807) is 0 Å². The number of unbranched alkanes of at least 4 members (excludes halogenated alkanes) is 30. The molecule has 0 aliphatic rings. The Hall–Kier alpha value is -3.35. The molecule has 0 atom stereocenters. The lowest BCUT2D eigenvalue weighted by molar-refractivity contribution is -0.144. The van der Waals surface area contributed by atoms with Gasteiger partial charge in [0.05, 0.1) is 13.2 Å². The third-order valence-electron chi connectivity index (χ3n) is 15.7. The summed E-state index contributed by atoms with van der Waals surface area (Å²) in [5.41, 5.74) is 3.99. The summed E-state index contributed by atoms with van der Waals surface area (Å²) >= 11 is 0. The number of carbonyl (C=O) groups excluding carboxylic acids is 3. The Morgan fingerprint density at radius 1 is 0.321 bits per heavy atom. The third-order valence-corrected chi connectivity index (χ3v) is 15.7. The summed E-state index contributed by atoms with van der Waals surface area (Å²) in [6.45, 7) is 30.9. The first-order chi connectivity index (χ1) is 37.0. The summed E-state index contributed by atoms with van der Waals surface area (Å²) in [5, 5.41) is 0. The van der Waals surface area contributed by atoms with Gasteiger partial charge in [0, 0.05) is 35.1 Å². The number of esters is 2. The molecule has 448 valence electrons. The minimum atomic E-state index is -0.794. The predicted molar refractivity (Wildman–Crippen MR) is 332 cm³/mol. The monoisotopic (exact) mass is 1090 g/mol.